The van der Waals surface area contributed by atoms with Gasteiger partial charge in [0.2, 0.25) is 0 Å². The highest BCUT2D eigenvalue weighted by molar-refractivity contribution is 5.14. The lowest BCUT2D eigenvalue weighted by molar-refractivity contribution is 0.603. The van der Waals surface area contributed by atoms with E-state index < -0.39 is 0 Å². The number of rotatable bonds is 6. The lowest BCUT2D eigenvalue weighted by Crippen LogP contribution is -1.94. The van der Waals surface area contributed by atoms with Crippen LogP contribution in [0.3, 0.4) is 0 Å². The summed E-state index contributed by atoms with van der Waals surface area (Å²) in [4.78, 5) is 8.09. The summed E-state index contributed by atoms with van der Waals surface area (Å²) in [5.41, 5.74) is 2.79. The summed E-state index contributed by atoms with van der Waals surface area (Å²) in [6.45, 7) is 2.29. The maximum absolute atomic E-state index is 4.06. The van der Waals surface area contributed by atoms with Gasteiger partial charge in [-0.15, -0.1) is 0 Å². The third kappa shape index (κ3) is 3.95. The maximum atomic E-state index is 4.06. The minimum atomic E-state index is 0.630. The zero-order valence-corrected chi connectivity index (χ0v) is 10.9. The molecule has 18 heavy (non-hydrogen) atoms. The molecule has 0 N–H and O–H groups in total. The summed E-state index contributed by atoms with van der Waals surface area (Å²) in [6, 6.07) is 8.44. The van der Waals surface area contributed by atoms with Crippen molar-refractivity contribution in [1.82, 2.24) is 9.97 Å². The Labute approximate surface area is 109 Å². The standard InChI is InChI=1S/C16H20N2/c1-14(16-8-12-18-13-9-16)4-2-3-5-15-6-10-17-11-7-15/h6-14H,2-5H2,1H3. The van der Waals surface area contributed by atoms with Crippen LogP contribution in [0.5, 0.6) is 0 Å². The topological polar surface area (TPSA) is 25.8 Å². The number of aryl methyl sites for hydroxylation is 1. The highest BCUT2D eigenvalue weighted by atomic mass is 14.6. The molecule has 2 nitrogen and oxygen atoms in total. The number of nitrogens with zero attached hydrogens (tertiary/aromatic N) is 2. The van der Waals surface area contributed by atoms with Gasteiger partial charge in [-0.05, 0) is 60.6 Å². The molecule has 0 aliphatic heterocycles. The normalized spacial score (nSPS) is 12.3. The monoisotopic (exact) mass is 240 g/mol. The number of pyridine rings is 2. The quantitative estimate of drug-likeness (QED) is 0.713. The molecule has 0 aliphatic carbocycles. The molecule has 0 aromatic carbocycles. The Morgan fingerprint density at radius 2 is 1.50 bits per heavy atom. The molecule has 2 rings (SSSR count). The van der Waals surface area contributed by atoms with Crippen molar-refractivity contribution in [1.29, 1.82) is 0 Å². The van der Waals surface area contributed by atoms with Crippen LogP contribution in [0.1, 0.15) is 43.2 Å². The van der Waals surface area contributed by atoms with Gasteiger partial charge in [-0.25, -0.2) is 0 Å². The van der Waals surface area contributed by atoms with E-state index >= 15 is 0 Å². The van der Waals surface area contributed by atoms with Crippen LogP contribution in [0, 0.1) is 0 Å². The fraction of sp³-hybridized carbons (Fsp3) is 0.375. The molecule has 0 spiro atoms. The van der Waals surface area contributed by atoms with Gasteiger partial charge in [-0.2, -0.15) is 0 Å². The molecule has 2 heterocycles. The molecule has 1 unspecified atom stereocenters. The zero-order chi connectivity index (χ0) is 12.6. The number of hydrogen-bond donors (Lipinski definition) is 0. The van der Waals surface area contributed by atoms with Crippen molar-refractivity contribution in [2.24, 2.45) is 0 Å². The van der Waals surface area contributed by atoms with E-state index in [-0.39, 0.29) is 0 Å². The third-order valence-electron chi connectivity index (χ3n) is 3.38. The van der Waals surface area contributed by atoms with Crippen molar-refractivity contribution in [3.05, 3.63) is 60.2 Å². The summed E-state index contributed by atoms with van der Waals surface area (Å²) in [5, 5.41) is 0. The van der Waals surface area contributed by atoms with Gasteiger partial charge in [0.25, 0.3) is 0 Å². The van der Waals surface area contributed by atoms with E-state index in [9.17, 15) is 0 Å². The summed E-state index contributed by atoms with van der Waals surface area (Å²) in [6.07, 6.45) is 12.4. The van der Waals surface area contributed by atoms with E-state index in [0.29, 0.717) is 5.92 Å². The highest BCUT2D eigenvalue weighted by Gasteiger charge is 2.04. The number of aromatic nitrogens is 2. The fourth-order valence-corrected chi connectivity index (χ4v) is 2.19. The summed E-state index contributed by atoms with van der Waals surface area (Å²) in [7, 11) is 0. The van der Waals surface area contributed by atoms with Crippen LogP contribution < -0.4 is 0 Å². The largest absolute Gasteiger partial charge is 0.265 e. The van der Waals surface area contributed by atoms with E-state index in [1.165, 1.54) is 30.4 Å². The van der Waals surface area contributed by atoms with E-state index in [1.807, 2.05) is 24.8 Å². The van der Waals surface area contributed by atoms with Crippen molar-refractivity contribution in [2.45, 2.75) is 38.5 Å². The Kier molecular flexibility index (Phi) is 4.88. The minimum absolute atomic E-state index is 0.630. The molecule has 2 heteroatoms. The molecule has 0 amide bonds. The first-order chi connectivity index (χ1) is 8.86. The second-order valence-electron chi connectivity index (χ2n) is 4.78. The van der Waals surface area contributed by atoms with Gasteiger partial charge in [0.1, 0.15) is 0 Å². The summed E-state index contributed by atoms with van der Waals surface area (Å²) >= 11 is 0. The van der Waals surface area contributed by atoms with Gasteiger partial charge in [0, 0.05) is 24.8 Å². The van der Waals surface area contributed by atoms with Gasteiger partial charge in [-0.1, -0.05) is 13.3 Å². The van der Waals surface area contributed by atoms with Crippen molar-refractivity contribution in [3.63, 3.8) is 0 Å². The molecule has 2 aromatic heterocycles. The Hall–Kier alpha value is -1.70. The molecule has 0 saturated carbocycles. The highest BCUT2D eigenvalue weighted by Crippen LogP contribution is 2.21. The van der Waals surface area contributed by atoms with Gasteiger partial charge in [-0.3, -0.25) is 9.97 Å². The summed E-state index contributed by atoms with van der Waals surface area (Å²) < 4.78 is 0. The molecule has 0 radical (unpaired) electrons. The molecule has 2 aromatic rings. The lowest BCUT2D eigenvalue weighted by Gasteiger charge is -2.11. The van der Waals surface area contributed by atoms with Crippen LogP contribution in [-0.2, 0) is 6.42 Å². The lowest BCUT2D eigenvalue weighted by atomic mass is 9.95. The third-order valence-corrected chi connectivity index (χ3v) is 3.38. The van der Waals surface area contributed by atoms with Crippen molar-refractivity contribution >= 4 is 0 Å². The van der Waals surface area contributed by atoms with Crippen molar-refractivity contribution < 1.29 is 0 Å². The second-order valence-corrected chi connectivity index (χ2v) is 4.78. The first-order valence-corrected chi connectivity index (χ1v) is 6.65. The molecule has 1 atom stereocenters. The van der Waals surface area contributed by atoms with Crippen LogP contribution in [0.15, 0.2) is 49.1 Å². The van der Waals surface area contributed by atoms with Crippen LogP contribution in [-0.4, -0.2) is 9.97 Å². The fourth-order valence-electron chi connectivity index (χ4n) is 2.19. The SMILES string of the molecule is CC(CCCCc1ccncc1)c1ccncc1. The summed E-state index contributed by atoms with van der Waals surface area (Å²) in [5.74, 6) is 0.630. The molecule has 0 bridgehead atoms. The van der Waals surface area contributed by atoms with Crippen molar-refractivity contribution in [3.8, 4) is 0 Å². The van der Waals surface area contributed by atoms with Crippen LogP contribution in [0.25, 0.3) is 0 Å². The van der Waals surface area contributed by atoms with E-state index in [1.54, 1.807) is 0 Å². The van der Waals surface area contributed by atoms with Crippen molar-refractivity contribution in [2.75, 3.05) is 0 Å². The Bertz CT molecular complexity index is 439. The van der Waals surface area contributed by atoms with E-state index in [2.05, 4.69) is 41.2 Å². The molecule has 0 aliphatic rings. The number of hydrogen-bond acceptors (Lipinski definition) is 2. The molecule has 0 fully saturated rings. The van der Waals surface area contributed by atoms with Crippen LogP contribution in [0.4, 0.5) is 0 Å². The van der Waals surface area contributed by atoms with Gasteiger partial charge < -0.3 is 0 Å². The first-order valence-electron chi connectivity index (χ1n) is 6.65. The smallest absolute Gasteiger partial charge is 0.0270 e. The molecular weight excluding hydrogens is 220 g/mol. The van der Waals surface area contributed by atoms with Crippen LogP contribution in [0.2, 0.25) is 0 Å². The molecular formula is C16H20N2. The predicted molar refractivity (Wildman–Crippen MR) is 74.4 cm³/mol. The Morgan fingerprint density at radius 3 is 2.17 bits per heavy atom. The predicted octanol–water partition coefficient (Wildman–Crippen LogP) is 3.99. The Morgan fingerprint density at radius 1 is 0.889 bits per heavy atom. The molecule has 0 saturated heterocycles. The average molecular weight is 240 g/mol. The average Bonchev–Trinajstić information content (AvgIpc) is 2.45. The van der Waals surface area contributed by atoms with E-state index in [4.69, 9.17) is 0 Å². The second kappa shape index (κ2) is 6.90. The van der Waals surface area contributed by atoms with Gasteiger partial charge in [0.05, 0.1) is 0 Å². The first kappa shape index (κ1) is 12.7. The molecule has 94 valence electrons. The van der Waals surface area contributed by atoms with Crippen LogP contribution >= 0.6 is 0 Å². The van der Waals surface area contributed by atoms with Gasteiger partial charge in [0.15, 0.2) is 0 Å². The zero-order valence-electron chi connectivity index (χ0n) is 10.9. The number of unbranched alkanes of at least 4 members (excludes halogenated alkanes) is 1. The van der Waals surface area contributed by atoms with E-state index in [0.717, 1.165) is 6.42 Å². The van der Waals surface area contributed by atoms with Gasteiger partial charge >= 0.3 is 0 Å². The minimum Gasteiger partial charge on any atom is -0.265 e. The Balaban J connectivity index is 1.70. The maximum Gasteiger partial charge on any atom is 0.0270 e.